The van der Waals surface area contributed by atoms with Crippen LogP contribution in [0.15, 0.2) is 11.1 Å². The molecule has 2 heterocycles. The van der Waals surface area contributed by atoms with Crippen LogP contribution in [0.5, 0.6) is 0 Å². The van der Waals surface area contributed by atoms with Gasteiger partial charge < -0.3 is 20.6 Å². The molecule has 0 aliphatic heterocycles. The number of nitrogens with zero attached hydrogens (tertiary/aromatic N) is 3. The second kappa shape index (κ2) is 3.91. The molecule has 2 aromatic heterocycles. The molecule has 1 unspecified atom stereocenters. The maximum Gasteiger partial charge on any atom is 0.282 e. The number of nitrogen functional groups attached to an aromatic ring is 1. The van der Waals surface area contributed by atoms with Gasteiger partial charge in [-0.3, -0.25) is 9.36 Å². The summed E-state index contributed by atoms with van der Waals surface area (Å²) in [4.78, 5) is 22.2. The van der Waals surface area contributed by atoms with E-state index in [1.807, 2.05) is 0 Å². The Balaban J connectivity index is 2.47. The van der Waals surface area contributed by atoms with Gasteiger partial charge in [-0.1, -0.05) is 0 Å². The molecule has 8 nitrogen and oxygen atoms in total. The molecule has 2 aromatic rings. The number of ether oxygens (including phenoxy) is 1. The number of nitrogens with two attached hydrogens (primary N) is 1. The Morgan fingerprint density at radius 1 is 1.75 bits per heavy atom. The summed E-state index contributed by atoms with van der Waals surface area (Å²) < 4.78 is 5.98. The fourth-order valence-electron chi connectivity index (χ4n) is 1.24. The number of nitrogens with one attached hydrogen (secondary N) is 1. The number of rotatable bonds is 3. The van der Waals surface area contributed by atoms with E-state index in [2.05, 4.69) is 15.0 Å². The molecular weight excluding hydrogens is 214 g/mol. The van der Waals surface area contributed by atoms with Gasteiger partial charge in [0.25, 0.3) is 5.56 Å². The molecule has 16 heavy (non-hydrogen) atoms. The predicted molar refractivity (Wildman–Crippen MR) is 55.3 cm³/mol. The maximum atomic E-state index is 11.8. The number of aliphatic hydroxyl groups is 1. The first-order valence-corrected chi connectivity index (χ1v) is 4.58. The molecular formula is C8H11N5O3. The van der Waals surface area contributed by atoms with Crippen LogP contribution in [-0.2, 0) is 11.5 Å². The zero-order valence-corrected chi connectivity index (χ0v) is 8.54. The van der Waals surface area contributed by atoms with Crippen LogP contribution < -0.4 is 11.3 Å². The monoisotopic (exact) mass is 225 g/mol. The normalized spacial score (nSPS) is 13.1. The molecule has 0 saturated heterocycles. The second-order valence-corrected chi connectivity index (χ2v) is 3.20. The largest absolute Gasteiger partial charge is 0.369 e. The van der Waals surface area contributed by atoms with Crippen LogP contribution in [0, 0.1) is 0 Å². The van der Waals surface area contributed by atoms with Crippen LogP contribution in [0.2, 0.25) is 0 Å². The number of aromatic amines is 1. The Bertz CT molecular complexity index is 558. The third-order valence-electron chi connectivity index (χ3n) is 2.02. The minimum atomic E-state index is -0.983. The van der Waals surface area contributed by atoms with Gasteiger partial charge in [-0.15, -0.1) is 0 Å². The number of aromatic nitrogens is 4. The summed E-state index contributed by atoms with van der Waals surface area (Å²) in [5.74, 6) is -0.00903. The average molecular weight is 225 g/mol. The Morgan fingerprint density at radius 3 is 3.19 bits per heavy atom. The molecule has 0 spiro atoms. The van der Waals surface area contributed by atoms with E-state index in [9.17, 15) is 4.79 Å². The van der Waals surface area contributed by atoms with E-state index in [-0.39, 0.29) is 29.4 Å². The van der Waals surface area contributed by atoms with Crippen molar-refractivity contribution in [1.82, 2.24) is 19.5 Å². The van der Waals surface area contributed by atoms with Crippen LogP contribution in [0.4, 0.5) is 5.95 Å². The van der Waals surface area contributed by atoms with Crippen molar-refractivity contribution in [3.05, 3.63) is 16.7 Å². The van der Waals surface area contributed by atoms with E-state index in [1.165, 1.54) is 13.3 Å². The van der Waals surface area contributed by atoms with Crippen molar-refractivity contribution in [1.29, 1.82) is 0 Å². The molecule has 0 aromatic carbocycles. The molecule has 0 radical (unpaired) electrons. The quantitative estimate of drug-likeness (QED) is 0.577. The average Bonchev–Trinajstić information content (AvgIpc) is 2.64. The summed E-state index contributed by atoms with van der Waals surface area (Å²) in [7, 11) is 0. The lowest BCUT2D eigenvalue weighted by atomic mass is 10.5. The van der Waals surface area contributed by atoms with Crippen LogP contribution in [0.3, 0.4) is 0 Å². The molecule has 2 rings (SSSR count). The number of hydrogen-bond acceptors (Lipinski definition) is 6. The van der Waals surface area contributed by atoms with Gasteiger partial charge in [0.05, 0.1) is 6.33 Å². The number of H-pyrrole nitrogens is 1. The first kappa shape index (κ1) is 10.6. The molecule has 0 amide bonds. The van der Waals surface area contributed by atoms with Crippen molar-refractivity contribution in [3.63, 3.8) is 0 Å². The van der Waals surface area contributed by atoms with Crippen molar-refractivity contribution in [3.8, 4) is 0 Å². The maximum absolute atomic E-state index is 11.8. The van der Waals surface area contributed by atoms with Gasteiger partial charge >= 0.3 is 0 Å². The Morgan fingerprint density at radius 2 is 2.50 bits per heavy atom. The van der Waals surface area contributed by atoms with Crippen molar-refractivity contribution in [2.45, 2.75) is 19.9 Å². The zero-order valence-electron chi connectivity index (χ0n) is 8.54. The van der Waals surface area contributed by atoms with Crippen LogP contribution in [0.25, 0.3) is 11.2 Å². The smallest absolute Gasteiger partial charge is 0.282 e. The fraction of sp³-hybridized carbons (Fsp3) is 0.375. The lowest BCUT2D eigenvalue weighted by Crippen LogP contribution is -2.27. The van der Waals surface area contributed by atoms with E-state index < -0.39 is 6.29 Å². The molecule has 0 fully saturated rings. The zero-order chi connectivity index (χ0) is 11.7. The molecule has 0 aliphatic rings. The summed E-state index contributed by atoms with van der Waals surface area (Å²) in [6.45, 7) is 1.27. The third kappa shape index (κ3) is 1.75. The molecule has 8 heteroatoms. The number of hydrogen-bond donors (Lipinski definition) is 3. The topological polar surface area (TPSA) is 119 Å². The fourth-order valence-corrected chi connectivity index (χ4v) is 1.24. The molecule has 86 valence electrons. The van der Waals surface area contributed by atoms with Crippen molar-refractivity contribution < 1.29 is 9.84 Å². The van der Waals surface area contributed by atoms with Crippen LogP contribution >= 0.6 is 0 Å². The second-order valence-electron chi connectivity index (χ2n) is 3.20. The Kier molecular flexibility index (Phi) is 2.59. The lowest BCUT2D eigenvalue weighted by Gasteiger charge is -2.10. The van der Waals surface area contributed by atoms with E-state index in [4.69, 9.17) is 15.6 Å². The minimum Gasteiger partial charge on any atom is -0.369 e. The highest BCUT2D eigenvalue weighted by molar-refractivity contribution is 5.69. The first-order valence-electron chi connectivity index (χ1n) is 4.58. The first-order chi connectivity index (χ1) is 7.59. The summed E-state index contributed by atoms with van der Waals surface area (Å²) in [6, 6.07) is 0. The van der Waals surface area contributed by atoms with Crippen molar-refractivity contribution in [2.75, 3.05) is 5.73 Å². The number of imidazole rings is 1. The molecule has 0 aliphatic carbocycles. The highest BCUT2D eigenvalue weighted by Gasteiger charge is 2.10. The van der Waals surface area contributed by atoms with Gasteiger partial charge in [0.15, 0.2) is 17.5 Å². The number of aliphatic hydroxyl groups excluding tert-OH is 1. The molecule has 0 saturated carbocycles. The van der Waals surface area contributed by atoms with E-state index in [1.54, 1.807) is 0 Å². The molecule has 4 N–H and O–H groups in total. The van der Waals surface area contributed by atoms with Gasteiger partial charge in [-0.25, -0.2) is 4.98 Å². The van der Waals surface area contributed by atoms with Crippen molar-refractivity contribution >= 4 is 17.1 Å². The summed E-state index contributed by atoms with van der Waals surface area (Å²) in [6.07, 6.45) is 0.377. The lowest BCUT2D eigenvalue weighted by molar-refractivity contribution is -0.112. The number of fused-ring (bicyclic) bond motifs is 1. The van der Waals surface area contributed by atoms with Crippen LogP contribution in [-0.4, -0.2) is 30.9 Å². The van der Waals surface area contributed by atoms with Gasteiger partial charge in [-0.2, -0.15) is 4.98 Å². The Hall–Kier alpha value is -1.93. The predicted octanol–water partition coefficient (Wildman–Crippen LogP) is -0.986. The standard InChI is InChI=1S/C8H11N5O3/c1-4(14)16-3-13-7(15)5-6(11-2-10-5)12-8(13)9/h2,4,14H,3H2,1H3,(H2,9,12)(H,10,11). The highest BCUT2D eigenvalue weighted by atomic mass is 16.6. The van der Waals surface area contributed by atoms with Gasteiger partial charge in [0, 0.05) is 0 Å². The van der Waals surface area contributed by atoms with E-state index >= 15 is 0 Å². The Labute approximate surface area is 89.7 Å². The van der Waals surface area contributed by atoms with Gasteiger partial charge in [0.2, 0.25) is 5.95 Å². The summed E-state index contributed by atoms with van der Waals surface area (Å²) in [5.41, 5.74) is 5.69. The van der Waals surface area contributed by atoms with E-state index in [0.717, 1.165) is 4.57 Å². The van der Waals surface area contributed by atoms with Gasteiger partial charge in [0.1, 0.15) is 6.73 Å². The third-order valence-corrected chi connectivity index (χ3v) is 2.02. The van der Waals surface area contributed by atoms with Crippen molar-refractivity contribution in [2.24, 2.45) is 0 Å². The van der Waals surface area contributed by atoms with Gasteiger partial charge in [-0.05, 0) is 6.92 Å². The van der Waals surface area contributed by atoms with E-state index in [0.29, 0.717) is 0 Å². The summed E-state index contributed by atoms with van der Waals surface area (Å²) in [5, 5.41) is 8.95. The molecule has 0 bridgehead atoms. The minimum absolute atomic E-state index is 0.00903. The van der Waals surface area contributed by atoms with Crippen LogP contribution in [0.1, 0.15) is 6.92 Å². The SMILES string of the molecule is CC(O)OCn1c(N)nc2nc[nH]c2c1=O. The summed E-state index contributed by atoms with van der Waals surface area (Å²) >= 11 is 0. The number of anilines is 1. The molecule has 1 atom stereocenters. The highest BCUT2D eigenvalue weighted by Crippen LogP contribution is 2.04.